The third kappa shape index (κ3) is 1.71. The van der Waals surface area contributed by atoms with Gasteiger partial charge in [-0.1, -0.05) is 26.8 Å². The molecule has 0 saturated carbocycles. The normalized spacial score (nSPS) is 14.9. The van der Waals surface area contributed by atoms with Crippen LogP contribution in [0.25, 0.3) is 0 Å². The van der Waals surface area contributed by atoms with Gasteiger partial charge >= 0.3 is 0 Å². The van der Waals surface area contributed by atoms with Gasteiger partial charge in [0.2, 0.25) is 0 Å². The molecule has 0 atom stereocenters. The summed E-state index contributed by atoms with van der Waals surface area (Å²) in [5.74, 6) is -0.0317. The van der Waals surface area contributed by atoms with E-state index >= 15 is 0 Å². The molecule has 86 valence electrons. The summed E-state index contributed by atoms with van der Waals surface area (Å²) in [6, 6.07) is 3.94. The Hall–Kier alpha value is -1.35. The zero-order chi connectivity index (χ0) is 11.9. The lowest BCUT2D eigenvalue weighted by atomic mass is 9.84. The van der Waals surface area contributed by atoms with E-state index in [0.29, 0.717) is 6.54 Å². The van der Waals surface area contributed by atoms with Crippen molar-refractivity contribution in [1.82, 2.24) is 5.32 Å². The molecule has 2 rings (SSSR count). The van der Waals surface area contributed by atoms with Gasteiger partial charge in [-0.2, -0.15) is 0 Å². The van der Waals surface area contributed by atoms with Crippen LogP contribution in [0, 0.1) is 0 Å². The molecule has 0 fully saturated rings. The number of rotatable bonds is 1. The van der Waals surface area contributed by atoms with E-state index in [1.54, 1.807) is 0 Å². The zero-order valence-electron chi connectivity index (χ0n) is 9.92. The number of hydrogen-bond acceptors (Lipinski definition) is 2. The second-order valence-corrected chi connectivity index (χ2v) is 5.25. The molecule has 0 radical (unpaired) electrons. The number of amides is 1. The number of aliphatic hydroxyl groups excluding tert-OH is 1. The fourth-order valence-electron chi connectivity index (χ4n) is 1.98. The van der Waals surface area contributed by atoms with Crippen molar-refractivity contribution in [3.8, 4) is 0 Å². The SMILES string of the molecule is CC(C)(C)c1cc(CO)c2c(c1)C(=O)NC2. The van der Waals surface area contributed by atoms with Gasteiger partial charge in [0.25, 0.3) is 5.91 Å². The van der Waals surface area contributed by atoms with E-state index in [2.05, 4.69) is 26.1 Å². The highest BCUT2D eigenvalue weighted by atomic mass is 16.3. The molecule has 3 nitrogen and oxygen atoms in total. The molecular formula is C13H17NO2. The molecule has 0 aliphatic carbocycles. The molecule has 1 heterocycles. The monoisotopic (exact) mass is 219 g/mol. The smallest absolute Gasteiger partial charge is 0.251 e. The third-order valence-electron chi connectivity index (χ3n) is 3.05. The Morgan fingerprint density at radius 2 is 2.06 bits per heavy atom. The quantitative estimate of drug-likeness (QED) is 0.755. The lowest BCUT2D eigenvalue weighted by Gasteiger charge is -2.21. The van der Waals surface area contributed by atoms with Gasteiger partial charge in [-0.15, -0.1) is 0 Å². The van der Waals surface area contributed by atoms with E-state index in [9.17, 15) is 9.90 Å². The average molecular weight is 219 g/mol. The van der Waals surface area contributed by atoms with Crippen LogP contribution in [-0.2, 0) is 18.6 Å². The van der Waals surface area contributed by atoms with E-state index in [-0.39, 0.29) is 17.9 Å². The molecule has 1 aliphatic rings. The summed E-state index contributed by atoms with van der Waals surface area (Å²) in [4.78, 5) is 11.6. The molecule has 0 bridgehead atoms. The topological polar surface area (TPSA) is 49.3 Å². The molecule has 0 unspecified atom stereocenters. The number of nitrogens with one attached hydrogen (secondary N) is 1. The van der Waals surface area contributed by atoms with Crippen molar-refractivity contribution >= 4 is 5.91 Å². The first-order valence-electron chi connectivity index (χ1n) is 5.49. The molecular weight excluding hydrogens is 202 g/mol. The number of carbonyl (C=O) groups is 1. The van der Waals surface area contributed by atoms with Gasteiger partial charge in [-0.25, -0.2) is 0 Å². The second kappa shape index (κ2) is 3.59. The maximum absolute atomic E-state index is 11.6. The average Bonchev–Trinajstić information content (AvgIpc) is 2.58. The minimum absolute atomic E-state index is 0.0121. The Bertz CT molecular complexity index is 444. The summed E-state index contributed by atoms with van der Waals surface area (Å²) in [5.41, 5.74) is 3.60. The molecule has 0 spiro atoms. The van der Waals surface area contributed by atoms with Crippen molar-refractivity contribution in [2.75, 3.05) is 0 Å². The van der Waals surface area contributed by atoms with E-state index in [0.717, 1.165) is 22.3 Å². The second-order valence-electron chi connectivity index (χ2n) is 5.25. The number of benzene rings is 1. The van der Waals surface area contributed by atoms with Gasteiger partial charge < -0.3 is 10.4 Å². The molecule has 1 aliphatic heterocycles. The van der Waals surface area contributed by atoms with E-state index in [4.69, 9.17) is 0 Å². The lowest BCUT2D eigenvalue weighted by Crippen LogP contribution is -2.15. The summed E-state index contributed by atoms with van der Waals surface area (Å²) in [6.07, 6.45) is 0. The molecule has 1 amide bonds. The van der Waals surface area contributed by atoms with Crippen LogP contribution in [-0.4, -0.2) is 11.0 Å². The number of aliphatic hydroxyl groups is 1. The minimum atomic E-state index is -0.0317. The standard InChI is InChI=1S/C13H17NO2/c1-13(2,3)9-4-8(7-15)11-6-14-12(16)10(11)5-9/h4-5,15H,6-7H2,1-3H3,(H,14,16). The van der Waals surface area contributed by atoms with Crippen molar-refractivity contribution < 1.29 is 9.90 Å². The lowest BCUT2D eigenvalue weighted by molar-refractivity contribution is 0.0965. The number of hydrogen-bond donors (Lipinski definition) is 2. The first-order chi connectivity index (χ1) is 7.43. The summed E-state index contributed by atoms with van der Waals surface area (Å²) < 4.78 is 0. The van der Waals surface area contributed by atoms with Crippen LogP contribution in [0.2, 0.25) is 0 Å². The van der Waals surface area contributed by atoms with Crippen molar-refractivity contribution in [2.24, 2.45) is 0 Å². The van der Waals surface area contributed by atoms with Gasteiger partial charge in [0.05, 0.1) is 6.61 Å². The van der Waals surface area contributed by atoms with Crippen molar-refractivity contribution in [3.63, 3.8) is 0 Å². The highest BCUT2D eigenvalue weighted by molar-refractivity contribution is 5.99. The fourth-order valence-corrected chi connectivity index (χ4v) is 1.98. The van der Waals surface area contributed by atoms with Crippen LogP contribution in [0.5, 0.6) is 0 Å². The maximum Gasteiger partial charge on any atom is 0.251 e. The first-order valence-corrected chi connectivity index (χ1v) is 5.49. The van der Waals surface area contributed by atoms with Crippen molar-refractivity contribution in [1.29, 1.82) is 0 Å². The molecule has 16 heavy (non-hydrogen) atoms. The summed E-state index contributed by atoms with van der Waals surface area (Å²) in [7, 11) is 0. The van der Waals surface area contributed by atoms with E-state index in [1.807, 2.05) is 12.1 Å². The summed E-state index contributed by atoms with van der Waals surface area (Å²) in [6.45, 7) is 6.82. The molecule has 1 aromatic carbocycles. The Morgan fingerprint density at radius 1 is 1.38 bits per heavy atom. The molecule has 0 aromatic heterocycles. The van der Waals surface area contributed by atoms with Crippen LogP contribution in [0.4, 0.5) is 0 Å². The minimum Gasteiger partial charge on any atom is -0.392 e. The van der Waals surface area contributed by atoms with Gasteiger partial charge in [-0.05, 0) is 28.2 Å². The van der Waals surface area contributed by atoms with Crippen LogP contribution < -0.4 is 5.32 Å². The summed E-state index contributed by atoms with van der Waals surface area (Å²) in [5, 5.41) is 12.1. The van der Waals surface area contributed by atoms with E-state index in [1.165, 1.54) is 0 Å². The predicted octanol–water partition coefficient (Wildman–Crippen LogP) is 1.72. The Kier molecular flexibility index (Phi) is 2.50. The molecule has 0 saturated heterocycles. The predicted molar refractivity (Wildman–Crippen MR) is 62.2 cm³/mol. The van der Waals surface area contributed by atoms with Crippen LogP contribution in [0.15, 0.2) is 12.1 Å². The van der Waals surface area contributed by atoms with Gasteiger partial charge in [0.15, 0.2) is 0 Å². The van der Waals surface area contributed by atoms with Gasteiger partial charge in [-0.3, -0.25) is 4.79 Å². The molecule has 2 N–H and O–H groups in total. The van der Waals surface area contributed by atoms with E-state index < -0.39 is 0 Å². The highest BCUT2D eigenvalue weighted by Crippen LogP contribution is 2.29. The van der Waals surface area contributed by atoms with Gasteiger partial charge in [0.1, 0.15) is 0 Å². The largest absolute Gasteiger partial charge is 0.392 e. The van der Waals surface area contributed by atoms with Crippen molar-refractivity contribution in [2.45, 2.75) is 39.3 Å². The highest BCUT2D eigenvalue weighted by Gasteiger charge is 2.25. The first kappa shape index (κ1) is 11.1. The van der Waals surface area contributed by atoms with Crippen LogP contribution in [0.3, 0.4) is 0 Å². The van der Waals surface area contributed by atoms with Crippen LogP contribution in [0.1, 0.15) is 47.8 Å². The Balaban J connectivity index is 2.61. The third-order valence-corrected chi connectivity index (χ3v) is 3.05. The maximum atomic E-state index is 11.6. The zero-order valence-corrected chi connectivity index (χ0v) is 9.92. The molecule has 1 aromatic rings. The number of fused-ring (bicyclic) bond motifs is 1. The Labute approximate surface area is 95.5 Å². The molecule has 3 heteroatoms. The van der Waals surface area contributed by atoms with Crippen molar-refractivity contribution in [3.05, 3.63) is 34.4 Å². The van der Waals surface area contributed by atoms with Crippen LogP contribution >= 0.6 is 0 Å². The summed E-state index contributed by atoms with van der Waals surface area (Å²) >= 11 is 0. The number of carbonyl (C=O) groups excluding carboxylic acids is 1. The van der Waals surface area contributed by atoms with Gasteiger partial charge in [0, 0.05) is 12.1 Å². The Morgan fingerprint density at radius 3 is 2.62 bits per heavy atom. The fraction of sp³-hybridized carbons (Fsp3) is 0.462.